The van der Waals surface area contributed by atoms with Crippen molar-refractivity contribution in [2.45, 2.75) is 0 Å². The fraction of sp³-hybridized carbons (Fsp3) is 0.143. The van der Waals surface area contributed by atoms with E-state index in [0.717, 1.165) is 11.5 Å². The zero-order valence-electron chi connectivity index (χ0n) is 9.84. The maximum atomic E-state index is 5.38. The summed E-state index contributed by atoms with van der Waals surface area (Å²) in [5, 5.41) is 0. The Hall–Kier alpha value is -1.17. The number of para-hydroxylation sites is 2. The van der Waals surface area contributed by atoms with Gasteiger partial charge in [0.15, 0.2) is 0 Å². The van der Waals surface area contributed by atoms with Gasteiger partial charge in [0, 0.05) is 0 Å². The molecule has 88 valence electrons. The monoisotopic (exact) mass is 344 g/mol. The molecule has 2 aromatic rings. The Morgan fingerprint density at radius 3 is 1.53 bits per heavy atom. The first kappa shape index (κ1) is 12.3. The van der Waals surface area contributed by atoms with Gasteiger partial charge in [-0.25, -0.2) is 0 Å². The van der Waals surface area contributed by atoms with Crippen molar-refractivity contribution in [1.82, 2.24) is 0 Å². The molecule has 0 saturated carbocycles. The van der Waals surface area contributed by atoms with Crippen LogP contribution >= 0.6 is 0 Å². The molecule has 0 spiro atoms. The van der Waals surface area contributed by atoms with Gasteiger partial charge in [-0.1, -0.05) is 0 Å². The predicted octanol–water partition coefficient (Wildman–Crippen LogP) is 1.36. The Morgan fingerprint density at radius 1 is 0.706 bits per heavy atom. The molecule has 0 fully saturated rings. The second kappa shape index (κ2) is 5.95. The summed E-state index contributed by atoms with van der Waals surface area (Å²) < 4.78 is 13.4. The van der Waals surface area contributed by atoms with Gasteiger partial charge < -0.3 is 0 Å². The molecule has 3 heteroatoms. The third kappa shape index (κ3) is 2.94. The maximum absolute atomic E-state index is 5.38. The summed E-state index contributed by atoms with van der Waals surface area (Å²) in [6, 6.07) is 16.4. The van der Waals surface area contributed by atoms with E-state index < -0.39 is 20.9 Å². The Morgan fingerprint density at radius 2 is 1.12 bits per heavy atom. The van der Waals surface area contributed by atoms with Gasteiger partial charge in [-0.2, -0.15) is 0 Å². The molecule has 0 bridgehead atoms. The summed E-state index contributed by atoms with van der Waals surface area (Å²) in [5.41, 5.74) is 0. The second-order valence-electron chi connectivity index (χ2n) is 3.40. The van der Waals surface area contributed by atoms with Crippen molar-refractivity contribution in [3.8, 4) is 11.5 Å². The van der Waals surface area contributed by atoms with Crippen LogP contribution in [0.4, 0.5) is 0 Å². The Labute approximate surface area is 112 Å². The topological polar surface area (TPSA) is 18.5 Å². The van der Waals surface area contributed by atoms with Crippen LogP contribution in [0.1, 0.15) is 0 Å². The van der Waals surface area contributed by atoms with Crippen molar-refractivity contribution in [1.29, 1.82) is 0 Å². The molecule has 0 unspecified atom stereocenters. The molecule has 0 heterocycles. The van der Waals surface area contributed by atoms with E-state index in [9.17, 15) is 0 Å². The van der Waals surface area contributed by atoms with E-state index in [0.29, 0.717) is 0 Å². The molecule has 0 aliphatic rings. The third-order valence-electron chi connectivity index (χ3n) is 2.36. The van der Waals surface area contributed by atoms with Crippen LogP contribution in [0.2, 0.25) is 0 Å². The van der Waals surface area contributed by atoms with Crippen LogP contribution in [-0.2, 0) is 0 Å². The number of ether oxygens (including phenoxy) is 2. The fourth-order valence-electron chi connectivity index (χ4n) is 1.52. The summed E-state index contributed by atoms with van der Waals surface area (Å²) in [4.78, 5) is 0. The second-order valence-corrected chi connectivity index (χ2v) is 6.50. The van der Waals surface area contributed by atoms with Gasteiger partial charge in [0.05, 0.1) is 0 Å². The van der Waals surface area contributed by atoms with Crippen LogP contribution in [0.5, 0.6) is 11.5 Å². The van der Waals surface area contributed by atoms with Crippen molar-refractivity contribution >= 4 is 28.1 Å². The molecule has 0 amide bonds. The van der Waals surface area contributed by atoms with Crippen LogP contribution in [0.15, 0.2) is 48.5 Å². The number of hydrogen-bond donors (Lipinski definition) is 0. The van der Waals surface area contributed by atoms with Gasteiger partial charge in [-0.3, -0.25) is 0 Å². The quantitative estimate of drug-likeness (QED) is 0.782. The first-order valence-corrected chi connectivity index (χ1v) is 7.62. The zero-order chi connectivity index (χ0) is 12.1. The van der Waals surface area contributed by atoms with E-state index in [-0.39, 0.29) is 0 Å². The zero-order valence-corrected chi connectivity index (χ0v) is 12.2. The van der Waals surface area contributed by atoms with Gasteiger partial charge in [-0.05, 0) is 0 Å². The molecule has 0 aliphatic heterocycles. The standard InChI is InChI=1S/C14H14O2Te/c1-15-11-7-3-5-9-13(11)17-14-10-6-4-8-12(14)16-2/h3-10H,1-2H3. The number of rotatable bonds is 4. The number of benzene rings is 2. The van der Waals surface area contributed by atoms with Crippen molar-refractivity contribution in [3.05, 3.63) is 48.5 Å². The van der Waals surface area contributed by atoms with Gasteiger partial charge in [0.1, 0.15) is 0 Å². The van der Waals surface area contributed by atoms with Crippen LogP contribution in [0.3, 0.4) is 0 Å². The van der Waals surface area contributed by atoms with Crippen molar-refractivity contribution in [2.75, 3.05) is 14.2 Å². The number of methoxy groups -OCH3 is 2. The first-order valence-electron chi connectivity index (χ1n) is 5.29. The molecule has 17 heavy (non-hydrogen) atoms. The first-order chi connectivity index (χ1) is 8.35. The molecule has 2 rings (SSSR count). The Bertz CT molecular complexity index is 452. The SMILES string of the molecule is COc1ccccc1[Te]c1ccccc1OC. The van der Waals surface area contributed by atoms with Crippen molar-refractivity contribution in [3.63, 3.8) is 0 Å². The summed E-state index contributed by atoms with van der Waals surface area (Å²) in [6.07, 6.45) is 0. The van der Waals surface area contributed by atoms with E-state index in [4.69, 9.17) is 9.47 Å². The summed E-state index contributed by atoms with van der Waals surface area (Å²) in [5.74, 6) is 1.95. The molecule has 0 atom stereocenters. The molecular formula is C14H14O2Te. The van der Waals surface area contributed by atoms with Crippen LogP contribution in [0, 0.1) is 0 Å². The number of hydrogen-bond acceptors (Lipinski definition) is 2. The van der Waals surface area contributed by atoms with Gasteiger partial charge in [0.2, 0.25) is 0 Å². The molecular weight excluding hydrogens is 328 g/mol. The molecule has 0 saturated heterocycles. The molecule has 2 aromatic carbocycles. The average Bonchev–Trinajstić information content (AvgIpc) is 2.40. The predicted molar refractivity (Wildman–Crippen MR) is 71.0 cm³/mol. The molecule has 2 nitrogen and oxygen atoms in total. The molecule has 0 aliphatic carbocycles. The van der Waals surface area contributed by atoms with Crippen LogP contribution < -0.4 is 16.7 Å². The minimum absolute atomic E-state index is 0.476. The summed E-state index contributed by atoms with van der Waals surface area (Å²) >= 11 is -0.476. The fourth-order valence-corrected chi connectivity index (χ4v) is 4.48. The Kier molecular flexibility index (Phi) is 4.30. The van der Waals surface area contributed by atoms with E-state index in [1.54, 1.807) is 14.2 Å². The van der Waals surface area contributed by atoms with E-state index in [2.05, 4.69) is 24.3 Å². The van der Waals surface area contributed by atoms with E-state index in [1.807, 2.05) is 24.3 Å². The van der Waals surface area contributed by atoms with Crippen molar-refractivity contribution in [2.24, 2.45) is 0 Å². The molecule has 0 aromatic heterocycles. The average molecular weight is 342 g/mol. The third-order valence-corrected chi connectivity index (χ3v) is 5.54. The van der Waals surface area contributed by atoms with Gasteiger partial charge >= 0.3 is 112 Å². The molecule has 0 radical (unpaired) electrons. The van der Waals surface area contributed by atoms with Crippen LogP contribution in [-0.4, -0.2) is 35.1 Å². The normalized spacial score (nSPS) is 10.0. The van der Waals surface area contributed by atoms with Crippen LogP contribution in [0.25, 0.3) is 0 Å². The van der Waals surface area contributed by atoms with E-state index >= 15 is 0 Å². The Balaban J connectivity index is 2.31. The van der Waals surface area contributed by atoms with Gasteiger partial charge in [-0.15, -0.1) is 0 Å². The van der Waals surface area contributed by atoms with Crippen molar-refractivity contribution < 1.29 is 9.47 Å². The summed E-state index contributed by atoms with van der Waals surface area (Å²) in [6.45, 7) is 0. The minimum atomic E-state index is -0.476. The van der Waals surface area contributed by atoms with E-state index in [1.165, 1.54) is 7.22 Å². The van der Waals surface area contributed by atoms with Gasteiger partial charge in [0.25, 0.3) is 0 Å². The molecule has 0 N–H and O–H groups in total. The summed E-state index contributed by atoms with van der Waals surface area (Å²) in [7, 11) is 3.43.